The quantitative estimate of drug-likeness (QED) is 0.655. The molecule has 0 saturated heterocycles. The summed E-state index contributed by atoms with van der Waals surface area (Å²) < 4.78 is 28.9. The van der Waals surface area contributed by atoms with Crippen LogP contribution in [0.1, 0.15) is 37.7 Å². The average Bonchev–Trinajstić information content (AvgIpc) is 1.99. The largest absolute Gasteiger partial charge is 0.481 e. The molecule has 66 valence electrons. The fraction of sp³-hybridized carbons (Fsp3) is 0.875. The summed E-state index contributed by atoms with van der Waals surface area (Å²) in [7, 11) is 0. The molecule has 0 saturated carbocycles. The van der Waals surface area contributed by atoms with Crippen LogP contribution in [0.25, 0.3) is 1.43 Å². The van der Waals surface area contributed by atoms with E-state index in [1.807, 2.05) is 0 Å². The van der Waals surface area contributed by atoms with E-state index in [2.05, 4.69) is 10.4 Å². The van der Waals surface area contributed by atoms with Gasteiger partial charge in [-0.05, 0) is 33.7 Å². The molecular formula is C8H17NO2. The lowest BCUT2D eigenvalue weighted by atomic mass is 10.1. The summed E-state index contributed by atoms with van der Waals surface area (Å²) in [5.74, 6) is -0.908. The second-order valence-electron chi connectivity index (χ2n) is 3.30. The van der Waals surface area contributed by atoms with Gasteiger partial charge in [0.1, 0.15) is 0 Å². The predicted molar refractivity (Wildman–Crippen MR) is 44.6 cm³/mol. The zero-order valence-corrected chi connectivity index (χ0v) is 7.10. The van der Waals surface area contributed by atoms with E-state index in [0.29, 0.717) is 0 Å². The van der Waals surface area contributed by atoms with E-state index in [-0.39, 0.29) is 0 Å². The van der Waals surface area contributed by atoms with Crippen molar-refractivity contribution >= 4 is 5.97 Å². The van der Waals surface area contributed by atoms with E-state index in [9.17, 15) is 4.79 Å². The molecule has 1 unspecified atom stereocenters. The van der Waals surface area contributed by atoms with Gasteiger partial charge in [-0.25, -0.2) is 0 Å². The third kappa shape index (κ3) is 9.43. The third-order valence-corrected chi connectivity index (χ3v) is 0.818. The lowest BCUT2D eigenvalue weighted by molar-refractivity contribution is -0.137. The first-order valence-electron chi connectivity index (χ1n) is 5.44. The minimum absolute atomic E-state index is 0.445. The number of hydrogen-bond acceptors (Lipinski definition) is 3. The summed E-state index contributed by atoms with van der Waals surface area (Å²) in [4.78, 5) is 10.7. The molecule has 0 aromatic rings. The number of rotatable bonds is 4. The molecule has 11 heavy (non-hydrogen) atoms. The Bertz CT molecular complexity index is 227. The summed E-state index contributed by atoms with van der Waals surface area (Å²) in [6.07, 6.45) is -1.74. The van der Waals surface area contributed by atoms with E-state index >= 15 is 0 Å². The van der Waals surface area contributed by atoms with Crippen LogP contribution in [-0.4, -0.2) is 23.1 Å². The van der Waals surface area contributed by atoms with Crippen molar-refractivity contribution in [2.45, 2.75) is 39.1 Å². The van der Waals surface area contributed by atoms with Crippen LogP contribution in [0, 0.1) is 0 Å². The van der Waals surface area contributed by atoms with Crippen LogP contribution in [0.3, 0.4) is 0 Å². The SMILES string of the molecule is [2H]OC(=O)CC([2H])C([2H])([2H])NC(C)(C)C. The fourth-order valence-corrected chi connectivity index (χ4v) is 0.402. The topological polar surface area (TPSA) is 49.3 Å². The third-order valence-electron chi connectivity index (χ3n) is 0.818. The molecular weight excluding hydrogens is 142 g/mol. The van der Waals surface area contributed by atoms with Crippen LogP contribution in [0.5, 0.6) is 0 Å². The Balaban J connectivity index is 4.38. The van der Waals surface area contributed by atoms with Gasteiger partial charge in [-0.2, -0.15) is 0 Å². The second-order valence-corrected chi connectivity index (χ2v) is 3.30. The van der Waals surface area contributed by atoms with E-state index in [4.69, 9.17) is 5.54 Å². The average molecular weight is 163 g/mol. The molecule has 0 aliphatic heterocycles. The van der Waals surface area contributed by atoms with Gasteiger partial charge in [-0.3, -0.25) is 4.79 Å². The maximum absolute atomic E-state index is 10.7. The van der Waals surface area contributed by atoms with Crippen molar-refractivity contribution in [1.29, 1.82) is 1.43 Å². The molecule has 3 heteroatoms. The van der Waals surface area contributed by atoms with Crippen molar-refractivity contribution < 1.29 is 14.0 Å². The van der Waals surface area contributed by atoms with Gasteiger partial charge in [0.25, 0.3) is 1.43 Å². The second kappa shape index (κ2) is 4.34. The van der Waals surface area contributed by atoms with Crippen molar-refractivity contribution in [2.24, 2.45) is 0 Å². The maximum atomic E-state index is 10.7. The van der Waals surface area contributed by atoms with Crippen LogP contribution in [-0.2, 0) is 4.79 Å². The van der Waals surface area contributed by atoms with Crippen LogP contribution < -0.4 is 5.32 Å². The Morgan fingerprint density at radius 1 is 1.73 bits per heavy atom. The minimum atomic E-state index is -1.99. The highest BCUT2D eigenvalue weighted by atomic mass is 16.4. The molecule has 0 amide bonds. The molecule has 0 bridgehead atoms. The van der Waals surface area contributed by atoms with Crippen LogP contribution >= 0.6 is 0 Å². The fourth-order valence-electron chi connectivity index (χ4n) is 0.402. The van der Waals surface area contributed by atoms with Crippen molar-refractivity contribution in [2.75, 3.05) is 6.50 Å². The highest BCUT2D eigenvalue weighted by Gasteiger charge is 2.07. The van der Waals surface area contributed by atoms with Crippen LogP contribution in [0.4, 0.5) is 0 Å². The summed E-state index contributed by atoms with van der Waals surface area (Å²) >= 11 is 0. The lowest BCUT2D eigenvalue weighted by Gasteiger charge is -2.19. The summed E-state index contributed by atoms with van der Waals surface area (Å²) in [6, 6.07) is 0. The molecule has 0 heterocycles. The molecule has 2 N–H and O–H groups in total. The van der Waals surface area contributed by atoms with E-state index < -0.39 is 30.8 Å². The molecule has 0 aliphatic carbocycles. The number of hydrogen-bond donors (Lipinski definition) is 2. The van der Waals surface area contributed by atoms with Crippen molar-refractivity contribution in [3.63, 3.8) is 0 Å². The normalized spacial score (nSPS) is 20.6. The van der Waals surface area contributed by atoms with Gasteiger partial charge in [-0.1, -0.05) is 0 Å². The molecule has 0 fully saturated rings. The van der Waals surface area contributed by atoms with E-state index in [1.54, 1.807) is 20.8 Å². The Morgan fingerprint density at radius 3 is 2.82 bits per heavy atom. The Kier molecular flexibility index (Phi) is 2.03. The van der Waals surface area contributed by atoms with Crippen molar-refractivity contribution in [1.82, 2.24) is 5.32 Å². The first-order valence-corrected chi connectivity index (χ1v) is 3.46. The Labute approximate surface area is 73.5 Å². The van der Waals surface area contributed by atoms with Gasteiger partial charge in [0.15, 0.2) is 0 Å². The van der Waals surface area contributed by atoms with E-state index in [0.717, 1.165) is 0 Å². The van der Waals surface area contributed by atoms with Crippen molar-refractivity contribution in [3.05, 3.63) is 0 Å². The number of carboxylic acids is 1. The minimum Gasteiger partial charge on any atom is -0.481 e. The molecule has 0 radical (unpaired) electrons. The lowest BCUT2D eigenvalue weighted by Crippen LogP contribution is -2.36. The van der Waals surface area contributed by atoms with Gasteiger partial charge in [0, 0.05) is 16.1 Å². The number of nitrogens with one attached hydrogen (secondary N) is 1. The summed E-state index contributed by atoms with van der Waals surface area (Å²) in [5, 5.41) is 6.24. The first-order chi connectivity index (χ1) is 6.58. The summed E-state index contributed by atoms with van der Waals surface area (Å²) in [5.41, 5.74) is -0.492. The zero-order chi connectivity index (χ0) is 12.3. The molecule has 0 aliphatic rings. The smallest absolute Gasteiger partial charge is 0.303 e. The maximum Gasteiger partial charge on any atom is 0.303 e. The molecule has 0 aromatic heterocycles. The van der Waals surface area contributed by atoms with Gasteiger partial charge in [0.05, 0.1) is 0 Å². The van der Waals surface area contributed by atoms with Gasteiger partial charge >= 0.3 is 5.97 Å². The standard InChI is InChI=1S/C8H17NO2/c1-8(2,3)9-6-4-5-7(10)11/h9H,4-6H2,1-3H3,(H,10,11)/i4D,6D2/hD. The van der Waals surface area contributed by atoms with Crippen LogP contribution in [0.2, 0.25) is 0 Å². The Hall–Kier alpha value is -0.570. The number of carboxylic acid groups (broad SMARTS) is 1. The molecule has 0 aromatic carbocycles. The van der Waals surface area contributed by atoms with Crippen molar-refractivity contribution in [3.8, 4) is 0 Å². The Morgan fingerprint density at radius 2 is 2.36 bits per heavy atom. The molecule has 0 spiro atoms. The van der Waals surface area contributed by atoms with Gasteiger partial charge in [-0.15, -0.1) is 0 Å². The summed E-state index contributed by atoms with van der Waals surface area (Å²) in [6.45, 7) is 3.30. The monoisotopic (exact) mass is 163 g/mol. The van der Waals surface area contributed by atoms with Crippen LogP contribution in [0.15, 0.2) is 0 Å². The predicted octanol–water partition coefficient (Wildman–Crippen LogP) is 1.24. The molecule has 0 rings (SSSR count). The van der Waals surface area contributed by atoms with Gasteiger partial charge < -0.3 is 10.4 Å². The highest BCUT2D eigenvalue weighted by molar-refractivity contribution is 5.66. The number of carbonyl (C=O) groups is 1. The zero-order valence-electron chi connectivity index (χ0n) is 11.1. The van der Waals surface area contributed by atoms with Gasteiger partial charge in [0.2, 0.25) is 0 Å². The highest BCUT2D eigenvalue weighted by Crippen LogP contribution is 1.98. The molecule has 1 atom stereocenters. The van der Waals surface area contributed by atoms with E-state index in [1.165, 1.54) is 0 Å². The first kappa shape index (κ1) is 5.14. The number of aliphatic carboxylic acids is 1. The molecule has 3 nitrogen and oxygen atoms in total.